The molecule has 5 heterocycles. The molecule has 416 valence electrons. The van der Waals surface area contributed by atoms with Gasteiger partial charge in [-0.2, -0.15) is 0 Å². The fourth-order valence-corrected chi connectivity index (χ4v) is 14.1. The minimum absolute atomic E-state index is 0.00118. The summed E-state index contributed by atoms with van der Waals surface area (Å²) in [4.78, 5) is 50.2. The molecule has 0 spiro atoms. The number of cyclic esters (lactones) is 1. The van der Waals surface area contributed by atoms with E-state index in [1.807, 2.05) is 84.3 Å². The molecular formula is C55H89N3O14Si2. The molecule has 4 aliphatic heterocycles. The van der Waals surface area contributed by atoms with Gasteiger partial charge in [0.1, 0.15) is 18.0 Å². The van der Waals surface area contributed by atoms with Crippen molar-refractivity contribution < 1.29 is 66.6 Å². The number of likely N-dealkylation sites (N-methyl/N-ethyl adjacent to an activating group) is 1. The number of ketones is 1. The number of fused-ring (bicyclic) bond motifs is 2. The molecule has 6 rings (SSSR count). The number of carbonyl (C=O) groups excluding carboxylic acids is 3. The number of alkyl carbamates (subject to hydrolysis) is 1. The van der Waals surface area contributed by atoms with Gasteiger partial charge >= 0.3 is 12.1 Å². The largest absolute Gasteiger partial charge is 0.458 e. The number of Topliss-reactive ketones (excluding diaryl/α,β-unsaturated/α-hetero) is 1. The van der Waals surface area contributed by atoms with E-state index in [9.17, 15) is 15.0 Å². The van der Waals surface area contributed by atoms with Crippen LogP contribution in [-0.2, 0) is 51.6 Å². The highest BCUT2D eigenvalue weighted by Crippen LogP contribution is 2.46. The highest BCUT2D eigenvalue weighted by molar-refractivity contribution is 6.70. The van der Waals surface area contributed by atoms with Crippen molar-refractivity contribution in [2.24, 2.45) is 23.7 Å². The first-order chi connectivity index (χ1) is 34.2. The van der Waals surface area contributed by atoms with Crippen molar-refractivity contribution in [1.82, 2.24) is 15.2 Å². The fraction of sp³-hybridized carbons (Fsp3) is 0.745. The van der Waals surface area contributed by atoms with Crippen LogP contribution >= 0.6 is 0 Å². The van der Waals surface area contributed by atoms with Crippen LogP contribution in [0.25, 0.3) is 17.0 Å². The Labute approximate surface area is 442 Å². The Morgan fingerprint density at radius 2 is 1.54 bits per heavy atom. The van der Waals surface area contributed by atoms with Crippen LogP contribution in [0.2, 0.25) is 39.3 Å². The summed E-state index contributed by atoms with van der Waals surface area (Å²) in [6, 6.07) is 9.79. The maximum atomic E-state index is 15.1. The molecule has 1 unspecified atom stereocenters. The van der Waals surface area contributed by atoms with Crippen LogP contribution in [-0.4, -0.2) is 159 Å². The molecule has 4 aliphatic rings. The number of esters is 1. The van der Waals surface area contributed by atoms with E-state index in [1.54, 1.807) is 40.8 Å². The summed E-state index contributed by atoms with van der Waals surface area (Å²) in [5, 5.41) is 28.3. The minimum Gasteiger partial charge on any atom is -0.458 e. The second-order valence-electron chi connectivity index (χ2n) is 24.5. The Hall–Kier alpha value is -3.19. The first kappa shape index (κ1) is 60.0. The molecule has 17 nitrogen and oxygen atoms in total. The van der Waals surface area contributed by atoms with Crippen molar-refractivity contribution in [3.63, 3.8) is 0 Å². The molecule has 0 bridgehead atoms. The van der Waals surface area contributed by atoms with Crippen molar-refractivity contribution in [2.75, 3.05) is 20.7 Å². The Kier molecular flexibility index (Phi) is 18.7. The van der Waals surface area contributed by atoms with E-state index in [0.717, 1.165) is 16.5 Å². The third-order valence-corrected chi connectivity index (χ3v) is 17.5. The summed E-state index contributed by atoms with van der Waals surface area (Å²) in [5.41, 5.74) is -5.30. The van der Waals surface area contributed by atoms with E-state index < -0.39 is 130 Å². The van der Waals surface area contributed by atoms with Gasteiger partial charge in [-0.25, -0.2) is 4.79 Å². The summed E-state index contributed by atoms with van der Waals surface area (Å²) in [6.07, 6.45) is -2.02. The zero-order valence-corrected chi connectivity index (χ0v) is 49.4. The molecule has 0 saturated carbocycles. The van der Waals surface area contributed by atoms with Gasteiger partial charge in [-0.05, 0) is 132 Å². The maximum Gasteiger partial charge on any atom is 0.410 e. The first-order valence-corrected chi connectivity index (χ1v) is 33.5. The Morgan fingerprint density at radius 1 is 0.878 bits per heavy atom. The van der Waals surface area contributed by atoms with Crippen LogP contribution < -0.4 is 5.32 Å². The van der Waals surface area contributed by atoms with Gasteiger partial charge in [-0.1, -0.05) is 58.0 Å². The SMILES string of the molecule is CC[C@H]1OC(=O)[C@H](C)[C@@H](O[C@H]2CC(C)(O)[C@@H](O[Si](C)(C)C)[C@H](C)O2)[C@H](C)[C@@H](O[C@@H]2O[C@H](C)C[C@H](N(C)C)[C@H]2O[Si](C)(C)C)[C@](C)(OCC=Cc2cnc3ccccc3c2)C[C@@H](C)C(=O)[C@H](C)[C@@]2(O)NC(=O)O[C@]12C. The smallest absolute Gasteiger partial charge is 0.410 e. The van der Waals surface area contributed by atoms with Gasteiger partial charge in [-0.3, -0.25) is 19.9 Å². The highest BCUT2D eigenvalue weighted by Gasteiger charge is 2.67. The third kappa shape index (κ3) is 13.4. The van der Waals surface area contributed by atoms with Gasteiger partial charge in [0, 0.05) is 35.9 Å². The van der Waals surface area contributed by atoms with Gasteiger partial charge in [-0.15, -0.1) is 0 Å². The van der Waals surface area contributed by atoms with Crippen LogP contribution in [0.1, 0.15) is 100 Å². The van der Waals surface area contributed by atoms with E-state index in [1.165, 1.54) is 6.92 Å². The number of pyridine rings is 1. The Balaban J connectivity index is 1.53. The predicted octanol–water partition coefficient (Wildman–Crippen LogP) is 8.21. The van der Waals surface area contributed by atoms with Gasteiger partial charge < -0.3 is 57.1 Å². The molecule has 1 aromatic heterocycles. The van der Waals surface area contributed by atoms with Crippen LogP contribution in [0.4, 0.5) is 4.79 Å². The van der Waals surface area contributed by atoms with Crippen LogP contribution in [0, 0.1) is 23.7 Å². The number of nitrogens with one attached hydrogen (secondary N) is 1. The third-order valence-electron chi connectivity index (χ3n) is 15.5. The lowest BCUT2D eigenvalue weighted by Gasteiger charge is -2.51. The van der Waals surface area contributed by atoms with E-state index in [-0.39, 0.29) is 38.0 Å². The molecule has 4 fully saturated rings. The van der Waals surface area contributed by atoms with Gasteiger partial charge in [0.25, 0.3) is 0 Å². The number of benzene rings is 1. The van der Waals surface area contributed by atoms with Gasteiger partial charge in [0.15, 0.2) is 40.5 Å². The van der Waals surface area contributed by atoms with Crippen LogP contribution in [0.5, 0.6) is 0 Å². The van der Waals surface area contributed by atoms with Crippen molar-refractivity contribution in [3.8, 4) is 0 Å². The average molecular weight is 1070 g/mol. The molecule has 18 atom stereocenters. The van der Waals surface area contributed by atoms with Crippen molar-refractivity contribution >= 4 is 51.5 Å². The zero-order valence-electron chi connectivity index (χ0n) is 47.4. The normalized spacial score (nSPS) is 40.1. The molecule has 0 aliphatic carbocycles. The van der Waals surface area contributed by atoms with Gasteiger partial charge in [0.2, 0.25) is 0 Å². The van der Waals surface area contributed by atoms with Crippen molar-refractivity contribution in [2.45, 2.75) is 218 Å². The maximum absolute atomic E-state index is 15.1. The molecule has 2 aromatic rings. The van der Waals surface area contributed by atoms with Crippen molar-refractivity contribution in [3.05, 3.63) is 48.2 Å². The number of nitrogens with zero attached hydrogens (tertiary/aromatic N) is 2. The second-order valence-corrected chi connectivity index (χ2v) is 33.4. The molecule has 3 N–H and O–H groups in total. The monoisotopic (exact) mass is 1070 g/mol. The van der Waals surface area contributed by atoms with Crippen molar-refractivity contribution in [1.29, 1.82) is 0 Å². The van der Waals surface area contributed by atoms with Crippen LogP contribution in [0.15, 0.2) is 42.6 Å². The summed E-state index contributed by atoms with van der Waals surface area (Å²) in [5.74, 6) is -5.12. The molecule has 19 heteroatoms. The topological polar surface area (TPSA) is 203 Å². The number of amides is 1. The number of hydrogen-bond donors (Lipinski definition) is 3. The average Bonchev–Trinajstić information content (AvgIpc) is 3.54. The van der Waals surface area contributed by atoms with E-state index in [4.69, 9.17) is 42.0 Å². The number of aromatic nitrogens is 1. The second kappa shape index (κ2) is 23.0. The molecule has 1 amide bonds. The number of hydrogen-bond acceptors (Lipinski definition) is 16. The highest BCUT2D eigenvalue weighted by atomic mass is 28.4. The lowest BCUT2D eigenvalue weighted by molar-refractivity contribution is -0.316. The standard InChI is InChI=1S/C55H89N3O14Si2/c1-19-42-54(10)55(63,57-51(61)70-54)36(6)44(59)32(2)29-53(9,64-26-22-23-38-28-39-24-20-21-25-40(39)56-31-38)47(69-50-46(71-73(13,14)15)41(58(11)12)27-33(3)65-50)34(4)45(35(5)49(60)67-42)68-43-30-52(8,62)48(37(7)66-43)72-74(16,17)18/h20-25,28,31-37,41-43,45-48,50,62-63H,19,26-27,29-30H2,1-18H3,(H,57,61)/t32-,33-,34+,35-,36+,37+,41+,42-,43+,45+,46-,47-,48+,50+,52?,53-,54-,55+/m1/s1. The number of carbonyl (C=O) groups is 3. The number of para-hydroxylation sites is 1. The lowest BCUT2D eigenvalue weighted by Crippen LogP contribution is -2.67. The lowest BCUT2D eigenvalue weighted by atomic mass is 9.71. The van der Waals surface area contributed by atoms with E-state index >= 15 is 9.59 Å². The van der Waals surface area contributed by atoms with E-state index in [0.29, 0.717) is 6.42 Å². The minimum atomic E-state index is -2.31. The Bertz CT molecular complexity index is 2310. The van der Waals surface area contributed by atoms with Gasteiger partial charge in [0.05, 0.1) is 65.7 Å². The number of aliphatic hydroxyl groups is 2. The summed E-state index contributed by atoms with van der Waals surface area (Å²) in [7, 11) is -0.433. The number of ether oxygens (including phenoxy) is 7. The molecule has 4 saturated heterocycles. The molecule has 74 heavy (non-hydrogen) atoms. The number of rotatable bonds is 14. The van der Waals surface area contributed by atoms with E-state index in [2.05, 4.69) is 54.5 Å². The molecular weight excluding hydrogens is 983 g/mol. The summed E-state index contributed by atoms with van der Waals surface area (Å²) < 4.78 is 60.9. The Morgan fingerprint density at radius 3 is 2.16 bits per heavy atom. The summed E-state index contributed by atoms with van der Waals surface area (Å²) >= 11 is 0. The summed E-state index contributed by atoms with van der Waals surface area (Å²) in [6.45, 7) is 30.2. The first-order valence-electron chi connectivity index (χ1n) is 26.7. The quantitative estimate of drug-likeness (QED) is 0.121. The predicted molar refractivity (Wildman–Crippen MR) is 287 cm³/mol. The fourth-order valence-electron chi connectivity index (χ4n) is 11.8. The zero-order chi connectivity index (χ0) is 55.1. The molecule has 0 radical (unpaired) electrons. The van der Waals surface area contributed by atoms with Crippen LogP contribution in [0.3, 0.4) is 0 Å². The molecule has 1 aromatic carbocycles.